The fraction of sp³-hybridized carbons (Fsp3) is 0.167. The standard InChI is InChI=1S/C12H11Cl2N3O2/c1-17-11(14)5-8(16-17)6-19-10-4-7(13)2-3-9(10)12(15)18/h2-5H,6H2,1H3,(H2,15,18). The molecule has 1 amide bonds. The van der Waals surface area contributed by atoms with E-state index in [0.717, 1.165) is 0 Å². The molecule has 2 rings (SSSR count). The molecular formula is C12H11Cl2N3O2. The van der Waals surface area contributed by atoms with Gasteiger partial charge in [-0.3, -0.25) is 9.48 Å². The maximum atomic E-state index is 11.3. The Bertz CT molecular complexity index is 606. The zero-order valence-electron chi connectivity index (χ0n) is 10.1. The molecule has 1 heterocycles. The van der Waals surface area contributed by atoms with E-state index in [1.165, 1.54) is 16.8 Å². The molecule has 0 atom stereocenters. The molecule has 0 aliphatic carbocycles. The predicted octanol–water partition coefficient (Wildman–Crippen LogP) is 2.40. The lowest BCUT2D eigenvalue weighted by Crippen LogP contribution is -2.13. The summed E-state index contributed by atoms with van der Waals surface area (Å²) < 4.78 is 7.03. The molecule has 0 spiro atoms. The molecule has 7 heteroatoms. The summed E-state index contributed by atoms with van der Waals surface area (Å²) in [4.78, 5) is 11.3. The van der Waals surface area contributed by atoms with Crippen molar-refractivity contribution in [2.45, 2.75) is 6.61 Å². The first-order valence-electron chi connectivity index (χ1n) is 5.38. The van der Waals surface area contributed by atoms with Crippen molar-refractivity contribution >= 4 is 29.1 Å². The van der Waals surface area contributed by atoms with Crippen LogP contribution >= 0.6 is 23.2 Å². The molecule has 0 aliphatic rings. The number of amides is 1. The summed E-state index contributed by atoms with van der Waals surface area (Å²) in [6.45, 7) is 0.168. The summed E-state index contributed by atoms with van der Waals surface area (Å²) in [6, 6.07) is 6.31. The molecule has 100 valence electrons. The van der Waals surface area contributed by atoms with E-state index >= 15 is 0 Å². The van der Waals surface area contributed by atoms with Gasteiger partial charge < -0.3 is 10.5 Å². The van der Waals surface area contributed by atoms with E-state index in [1.54, 1.807) is 19.2 Å². The van der Waals surface area contributed by atoms with Gasteiger partial charge in [0.2, 0.25) is 0 Å². The highest BCUT2D eigenvalue weighted by molar-refractivity contribution is 6.31. The topological polar surface area (TPSA) is 70.1 Å². The molecular weight excluding hydrogens is 289 g/mol. The molecule has 0 saturated heterocycles. The Hall–Kier alpha value is -1.72. The molecule has 0 saturated carbocycles. The third-order valence-electron chi connectivity index (χ3n) is 2.46. The largest absolute Gasteiger partial charge is 0.486 e. The van der Waals surface area contributed by atoms with E-state index in [4.69, 9.17) is 33.7 Å². The monoisotopic (exact) mass is 299 g/mol. The number of halogens is 2. The van der Waals surface area contributed by atoms with Gasteiger partial charge in [0.15, 0.2) is 0 Å². The number of hydrogen-bond donors (Lipinski definition) is 1. The van der Waals surface area contributed by atoms with Crippen molar-refractivity contribution in [3.05, 3.63) is 45.7 Å². The second-order valence-electron chi connectivity index (χ2n) is 3.88. The third kappa shape index (κ3) is 3.19. The summed E-state index contributed by atoms with van der Waals surface area (Å²) in [5.41, 5.74) is 6.17. The van der Waals surface area contributed by atoms with Crippen LogP contribution in [0.25, 0.3) is 0 Å². The fourth-order valence-electron chi connectivity index (χ4n) is 1.54. The average Bonchev–Trinajstić information content (AvgIpc) is 2.66. The Kier molecular flexibility index (Phi) is 3.97. The van der Waals surface area contributed by atoms with Crippen LogP contribution in [0.5, 0.6) is 5.75 Å². The minimum Gasteiger partial charge on any atom is -0.486 e. The lowest BCUT2D eigenvalue weighted by atomic mass is 10.2. The van der Waals surface area contributed by atoms with Crippen LogP contribution in [-0.4, -0.2) is 15.7 Å². The van der Waals surface area contributed by atoms with Crippen molar-refractivity contribution in [2.75, 3.05) is 0 Å². The zero-order valence-corrected chi connectivity index (χ0v) is 11.6. The van der Waals surface area contributed by atoms with Crippen molar-refractivity contribution < 1.29 is 9.53 Å². The SMILES string of the molecule is Cn1nc(COc2cc(Cl)ccc2C(N)=O)cc1Cl. The minimum atomic E-state index is -0.578. The first-order chi connectivity index (χ1) is 8.97. The zero-order chi connectivity index (χ0) is 14.0. The number of rotatable bonds is 4. The maximum absolute atomic E-state index is 11.3. The van der Waals surface area contributed by atoms with E-state index in [9.17, 15) is 4.79 Å². The van der Waals surface area contributed by atoms with Crippen LogP contribution in [0.15, 0.2) is 24.3 Å². The molecule has 0 fully saturated rings. The van der Waals surface area contributed by atoms with Gasteiger partial charge >= 0.3 is 0 Å². The molecule has 0 unspecified atom stereocenters. The number of hydrogen-bond acceptors (Lipinski definition) is 3. The Labute approximate surface area is 119 Å². The maximum Gasteiger partial charge on any atom is 0.252 e. The van der Waals surface area contributed by atoms with Crippen LogP contribution in [0.2, 0.25) is 10.2 Å². The second-order valence-corrected chi connectivity index (χ2v) is 4.70. The first kappa shape index (κ1) is 13.7. The predicted molar refractivity (Wildman–Crippen MR) is 72.5 cm³/mol. The van der Waals surface area contributed by atoms with Gasteiger partial charge in [-0.15, -0.1) is 0 Å². The number of nitrogens with two attached hydrogens (primary N) is 1. The highest BCUT2D eigenvalue weighted by Crippen LogP contribution is 2.24. The summed E-state index contributed by atoms with van der Waals surface area (Å²) in [6.07, 6.45) is 0. The van der Waals surface area contributed by atoms with Crippen molar-refractivity contribution in [3.8, 4) is 5.75 Å². The Morgan fingerprint density at radius 3 is 2.74 bits per heavy atom. The second kappa shape index (κ2) is 5.50. The Morgan fingerprint density at radius 2 is 2.16 bits per heavy atom. The lowest BCUT2D eigenvalue weighted by molar-refractivity contribution is 0.0996. The van der Waals surface area contributed by atoms with Crippen molar-refractivity contribution in [2.24, 2.45) is 12.8 Å². The average molecular weight is 300 g/mol. The quantitative estimate of drug-likeness (QED) is 0.942. The first-order valence-corrected chi connectivity index (χ1v) is 6.13. The van der Waals surface area contributed by atoms with Crippen LogP contribution in [0.3, 0.4) is 0 Å². The van der Waals surface area contributed by atoms with E-state index in [0.29, 0.717) is 21.6 Å². The number of benzene rings is 1. The summed E-state index contributed by atoms with van der Waals surface area (Å²) in [5, 5.41) is 5.09. The van der Waals surface area contributed by atoms with Gasteiger partial charge in [0.1, 0.15) is 23.2 Å². The van der Waals surface area contributed by atoms with E-state index in [2.05, 4.69) is 5.10 Å². The minimum absolute atomic E-state index is 0.168. The van der Waals surface area contributed by atoms with Crippen LogP contribution < -0.4 is 10.5 Å². The van der Waals surface area contributed by atoms with Crippen LogP contribution in [0.1, 0.15) is 16.1 Å². The normalized spacial score (nSPS) is 10.5. The fourth-order valence-corrected chi connectivity index (χ4v) is 1.87. The van der Waals surface area contributed by atoms with Crippen LogP contribution in [-0.2, 0) is 13.7 Å². The number of primary amides is 1. The molecule has 0 radical (unpaired) electrons. The summed E-state index contributed by atoms with van der Waals surface area (Å²) in [5.74, 6) is -0.257. The third-order valence-corrected chi connectivity index (χ3v) is 3.05. The van der Waals surface area contributed by atoms with E-state index in [1.807, 2.05) is 0 Å². The van der Waals surface area contributed by atoms with Gasteiger partial charge in [-0.2, -0.15) is 5.10 Å². The highest BCUT2D eigenvalue weighted by atomic mass is 35.5. The Morgan fingerprint density at radius 1 is 1.42 bits per heavy atom. The molecule has 1 aromatic carbocycles. The van der Waals surface area contributed by atoms with Gasteiger partial charge in [-0.05, 0) is 18.2 Å². The van der Waals surface area contributed by atoms with Crippen LogP contribution in [0, 0.1) is 0 Å². The number of ether oxygens (including phenoxy) is 1. The molecule has 1 aromatic heterocycles. The van der Waals surface area contributed by atoms with Gasteiger partial charge in [0.25, 0.3) is 5.91 Å². The summed E-state index contributed by atoms with van der Waals surface area (Å²) >= 11 is 11.7. The molecule has 2 aromatic rings. The number of aryl methyl sites for hydroxylation is 1. The van der Waals surface area contributed by atoms with Gasteiger partial charge in [0.05, 0.1) is 5.56 Å². The molecule has 0 bridgehead atoms. The molecule has 5 nitrogen and oxygen atoms in total. The number of aromatic nitrogens is 2. The van der Waals surface area contributed by atoms with Gasteiger partial charge in [0, 0.05) is 18.1 Å². The summed E-state index contributed by atoms with van der Waals surface area (Å²) in [7, 11) is 1.72. The van der Waals surface area contributed by atoms with Crippen molar-refractivity contribution in [1.29, 1.82) is 0 Å². The molecule has 0 aliphatic heterocycles. The highest BCUT2D eigenvalue weighted by Gasteiger charge is 2.11. The number of carbonyl (C=O) groups is 1. The van der Waals surface area contributed by atoms with Gasteiger partial charge in [-0.1, -0.05) is 23.2 Å². The van der Waals surface area contributed by atoms with Crippen molar-refractivity contribution in [3.63, 3.8) is 0 Å². The molecule has 19 heavy (non-hydrogen) atoms. The molecule has 2 N–H and O–H groups in total. The van der Waals surface area contributed by atoms with Gasteiger partial charge in [-0.25, -0.2) is 0 Å². The van der Waals surface area contributed by atoms with Crippen molar-refractivity contribution in [1.82, 2.24) is 9.78 Å². The van der Waals surface area contributed by atoms with Crippen LogP contribution in [0.4, 0.5) is 0 Å². The number of nitrogens with zero attached hydrogens (tertiary/aromatic N) is 2. The Balaban J connectivity index is 2.19. The lowest BCUT2D eigenvalue weighted by Gasteiger charge is -2.08. The number of carbonyl (C=O) groups excluding carboxylic acids is 1. The smallest absolute Gasteiger partial charge is 0.252 e. The van der Waals surface area contributed by atoms with E-state index < -0.39 is 5.91 Å². The van der Waals surface area contributed by atoms with E-state index in [-0.39, 0.29) is 12.2 Å².